The highest BCUT2D eigenvalue weighted by atomic mass is 32.2. The van der Waals surface area contributed by atoms with E-state index in [0.717, 1.165) is 5.75 Å². The van der Waals surface area contributed by atoms with E-state index < -0.39 is 11.6 Å². The summed E-state index contributed by atoms with van der Waals surface area (Å²) in [5.74, 6) is -0.0963. The highest BCUT2D eigenvalue weighted by molar-refractivity contribution is 7.97. The van der Waals surface area contributed by atoms with Gasteiger partial charge in [0.15, 0.2) is 14.7 Å². The van der Waals surface area contributed by atoms with E-state index in [1.165, 1.54) is 26.8 Å². The fourth-order valence-corrected chi connectivity index (χ4v) is 5.87. The molecule has 0 aliphatic rings. The largest absolute Gasteiger partial charge is 0.491 e. The Kier molecular flexibility index (Phi) is 8.99. The van der Waals surface area contributed by atoms with Gasteiger partial charge in [-0.15, -0.1) is 0 Å². The molecule has 0 fully saturated rings. The first-order chi connectivity index (χ1) is 17.9. The van der Waals surface area contributed by atoms with Crippen molar-refractivity contribution >= 4 is 16.9 Å². The van der Waals surface area contributed by atoms with Crippen molar-refractivity contribution in [2.75, 3.05) is 19.8 Å². The number of rotatable bonds is 11. The maximum Gasteiger partial charge on any atom is 0.332 e. The summed E-state index contributed by atoms with van der Waals surface area (Å²) in [6.45, 7) is 3.87. The minimum Gasteiger partial charge on any atom is -0.491 e. The minimum atomic E-state index is -0.885. The number of hydrogen-bond donors (Lipinski definition) is 0. The number of halogens is 1. The average molecular weight is 518 g/mol. The Labute approximate surface area is 220 Å². The molecule has 190 valence electrons. The molecule has 0 saturated carbocycles. The minimum absolute atomic E-state index is 0.191. The van der Waals surface area contributed by atoms with E-state index in [-0.39, 0.29) is 29.9 Å². The van der Waals surface area contributed by atoms with Gasteiger partial charge in [0.05, 0.1) is 17.5 Å². The summed E-state index contributed by atoms with van der Waals surface area (Å²) in [6, 6.07) is 34.9. The number of hydrogen-bond acceptors (Lipinski definition) is 4. The summed E-state index contributed by atoms with van der Waals surface area (Å²) in [6.07, 6.45) is 0. The van der Waals surface area contributed by atoms with E-state index in [1.807, 2.05) is 24.3 Å². The van der Waals surface area contributed by atoms with Crippen LogP contribution < -0.4 is 4.74 Å². The quantitative estimate of drug-likeness (QED) is 0.125. The second-order valence-electron chi connectivity index (χ2n) is 8.80. The van der Waals surface area contributed by atoms with Crippen molar-refractivity contribution in [3.8, 4) is 5.75 Å². The molecular formula is C31H30FO4S+. The summed E-state index contributed by atoms with van der Waals surface area (Å²) in [5.41, 5.74) is -0.180. The van der Waals surface area contributed by atoms with Crippen LogP contribution in [0.4, 0.5) is 4.39 Å². The van der Waals surface area contributed by atoms with E-state index >= 15 is 0 Å². The van der Waals surface area contributed by atoms with E-state index in [0.29, 0.717) is 12.2 Å². The maximum atomic E-state index is 13.2. The molecule has 0 aliphatic carbocycles. The topological polar surface area (TPSA) is 44.8 Å². The normalized spacial score (nSPS) is 11.4. The Balaban J connectivity index is 1.26. The lowest BCUT2D eigenvalue weighted by Crippen LogP contribution is -2.28. The van der Waals surface area contributed by atoms with Gasteiger partial charge in [0, 0.05) is 0 Å². The third kappa shape index (κ3) is 7.44. The molecule has 0 spiro atoms. The molecule has 0 N–H and O–H groups in total. The lowest BCUT2D eigenvalue weighted by atomic mass is 9.98. The zero-order valence-electron chi connectivity index (χ0n) is 20.9. The van der Waals surface area contributed by atoms with Crippen molar-refractivity contribution in [1.82, 2.24) is 0 Å². The van der Waals surface area contributed by atoms with Crippen LogP contribution in [0.25, 0.3) is 0 Å². The molecule has 6 heteroatoms. The van der Waals surface area contributed by atoms with E-state index in [2.05, 4.69) is 60.7 Å². The standard InChI is InChI=1S/C31H30FO4S/c1-31(2,24-13-15-25(32)16-14-24)36-30(33)23-34-21-22-35-26-17-19-29(20-18-26)37(27-9-5-3-6-10-27)28-11-7-4-8-12-28/h3-20H,21-23H2,1-2H3/q+1. The summed E-state index contributed by atoms with van der Waals surface area (Å²) in [7, 11) is -0.211. The molecule has 37 heavy (non-hydrogen) atoms. The van der Waals surface area contributed by atoms with Crippen molar-refractivity contribution < 1.29 is 23.4 Å². The van der Waals surface area contributed by atoms with Gasteiger partial charge >= 0.3 is 5.97 Å². The van der Waals surface area contributed by atoms with E-state index in [1.54, 1.807) is 26.0 Å². The molecule has 0 unspecified atom stereocenters. The van der Waals surface area contributed by atoms with Crippen LogP contribution in [-0.2, 0) is 30.8 Å². The fraction of sp³-hybridized carbons (Fsp3) is 0.194. The second-order valence-corrected chi connectivity index (χ2v) is 10.8. The predicted octanol–water partition coefficient (Wildman–Crippen LogP) is 6.80. The van der Waals surface area contributed by atoms with Crippen molar-refractivity contribution in [2.24, 2.45) is 0 Å². The van der Waals surface area contributed by atoms with Crippen molar-refractivity contribution in [3.63, 3.8) is 0 Å². The Hall–Kier alpha value is -3.61. The smallest absolute Gasteiger partial charge is 0.332 e. The first-order valence-electron chi connectivity index (χ1n) is 12.1. The van der Waals surface area contributed by atoms with Crippen LogP contribution in [0.5, 0.6) is 5.75 Å². The van der Waals surface area contributed by atoms with Gasteiger partial charge in [-0.1, -0.05) is 48.5 Å². The lowest BCUT2D eigenvalue weighted by molar-refractivity contribution is -0.163. The molecule has 0 bridgehead atoms. The molecular weight excluding hydrogens is 487 g/mol. The SMILES string of the molecule is CC(C)(OC(=O)COCCOc1ccc([S+](c2ccccc2)c2ccccc2)cc1)c1ccc(F)cc1. The third-order valence-electron chi connectivity index (χ3n) is 5.64. The fourth-order valence-electron chi connectivity index (χ4n) is 3.79. The molecule has 0 heterocycles. The van der Waals surface area contributed by atoms with Gasteiger partial charge < -0.3 is 14.2 Å². The van der Waals surface area contributed by atoms with Gasteiger partial charge in [0.2, 0.25) is 0 Å². The number of carbonyl (C=O) groups is 1. The molecule has 4 aromatic rings. The highest BCUT2D eigenvalue weighted by Crippen LogP contribution is 2.32. The second kappa shape index (κ2) is 12.6. The first-order valence-corrected chi connectivity index (χ1v) is 13.3. The molecule has 4 aromatic carbocycles. The third-order valence-corrected chi connectivity index (χ3v) is 7.87. The summed E-state index contributed by atoms with van der Waals surface area (Å²) in [4.78, 5) is 15.9. The predicted molar refractivity (Wildman–Crippen MR) is 143 cm³/mol. The lowest BCUT2D eigenvalue weighted by Gasteiger charge is -2.25. The van der Waals surface area contributed by atoms with Gasteiger partial charge in [-0.2, -0.15) is 0 Å². The van der Waals surface area contributed by atoms with Gasteiger partial charge in [0.1, 0.15) is 30.4 Å². The van der Waals surface area contributed by atoms with E-state index in [4.69, 9.17) is 14.2 Å². The van der Waals surface area contributed by atoms with Crippen LogP contribution in [-0.4, -0.2) is 25.8 Å². The monoisotopic (exact) mass is 517 g/mol. The van der Waals surface area contributed by atoms with Crippen LogP contribution >= 0.6 is 0 Å². The molecule has 0 atom stereocenters. The average Bonchev–Trinajstić information content (AvgIpc) is 2.91. The maximum absolute atomic E-state index is 13.2. The molecule has 4 rings (SSSR count). The van der Waals surface area contributed by atoms with Crippen LogP contribution in [0.2, 0.25) is 0 Å². The molecule has 0 aliphatic heterocycles. The molecule has 0 saturated heterocycles. The molecule has 0 radical (unpaired) electrons. The zero-order chi connectivity index (χ0) is 26.1. The van der Waals surface area contributed by atoms with Gasteiger partial charge in [-0.3, -0.25) is 0 Å². The van der Waals surface area contributed by atoms with Crippen molar-refractivity contribution in [1.29, 1.82) is 0 Å². The Morgan fingerprint density at radius 3 is 1.84 bits per heavy atom. The van der Waals surface area contributed by atoms with Crippen LogP contribution in [0, 0.1) is 5.82 Å². The number of ether oxygens (including phenoxy) is 3. The van der Waals surface area contributed by atoms with Crippen molar-refractivity contribution in [2.45, 2.75) is 34.1 Å². The van der Waals surface area contributed by atoms with Gasteiger partial charge in [-0.05, 0) is 80.1 Å². The molecule has 4 nitrogen and oxygen atoms in total. The molecule has 0 aromatic heterocycles. The van der Waals surface area contributed by atoms with Gasteiger partial charge in [0.25, 0.3) is 0 Å². The zero-order valence-corrected chi connectivity index (χ0v) is 21.7. The summed E-state index contributed by atoms with van der Waals surface area (Å²) >= 11 is 0. The number of esters is 1. The van der Waals surface area contributed by atoms with Crippen LogP contribution in [0.3, 0.4) is 0 Å². The summed E-state index contributed by atoms with van der Waals surface area (Å²) < 4.78 is 29.9. The first kappa shape index (κ1) is 26.5. The Bertz CT molecular complexity index is 1220. The molecule has 0 amide bonds. The Morgan fingerprint density at radius 2 is 1.27 bits per heavy atom. The number of carbonyl (C=O) groups excluding carboxylic acids is 1. The number of benzene rings is 4. The Morgan fingerprint density at radius 1 is 0.730 bits per heavy atom. The van der Waals surface area contributed by atoms with Crippen molar-refractivity contribution in [3.05, 3.63) is 121 Å². The van der Waals surface area contributed by atoms with Crippen LogP contribution in [0.15, 0.2) is 124 Å². The summed E-state index contributed by atoms with van der Waals surface area (Å²) in [5, 5.41) is 0. The van der Waals surface area contributed by atoms with E-state index in [9.17, 15) is 9.18 Å². The van der Waals surface area contributed by atoms with Gasteiger partial charge in [-0.25, -0.2) is 9.18 Å². The van der Waals surface area contributed by atoms with Crippen LogP contribution in [0.1, 0.15) is 19.4 Å². The highest BCUT2D eigenvalue weighted by Gasteiger charge is 2.28.